The van der Waals surface area contributed by atoms with Crippen molar-refractivity contribution in [3.8, 4) is 0 Å². The lowest BCUT2D eigenvalue weighted by molar-refractivity contribution is 0.0705. The summed E-state index contributed by atoms with van der Waals surface area (Å²) < 4.78 is 41.2. The summed E-state index contributed by atoms with van der Waals surface area (Å²) in [6, 6.07) is 2.86. The number of benzene rings is 1. The average Bonchev–Trinajstić information content (AvgIpc) is 2.37. The van der Waals surface area contributed by atoms with Crippen LogP contribution in [0.5, 0.6) is 0 Å². The Kier molecular flexibility index (Phi) is 5.61. The van der Waals surface area contributed by atoms with Crippen LogP contribution in [0.2, 0.25) is 0 Å². The Balaban J connectivity index is 2.97. The summed E-state index contributed by atoms with van der Waals surface area (Å²) in [6.45, 7) is 2.91. The molecule has 8 heteroatoms. The SMILES string of the molecule is CCOCCN(C)C(=O)c1cc(S(N)(=O)=O)ccc1F. The molecule has 0 bridgehead atoms. The molecule has 20 heavy (non-hydrogen) atoms. The second-order valence-corrected chi connectivity index (χ2v) is 5.67. The van der Waals surface area contributed by atoms with Gasteiger partial charge in [0.1, 0.15) is 5.82 Å². The number of likely N-dealkylation sites (N-methyl/N-ethyl adjacent to an activating group) is 1. The molecule has 0 fully saturated rings. The smallest absolute Gasteiger partial charge is 0.256 e. The van der Waals surface area contributed by atoms with Gasteiger partial charge in [-0.05, 0) is 25.1 Å². The van der Waals surface area contributed by atoms with E-state index in [1.165, 1.54) is 11.9 Å². The van der Waals surface area contributed by atoms with E-state index in [0.717, 1.165) is 18.2 Å². The van der Waals surface area contributed by atoms with Crippen LogP contribution in [0.3, 0.4) is 0 Å². The highest BCUT2D eigenvalue weighted by Gasteiger charge is 2.19. The number of hydrogen-bond acceptors (Lipinski definition) is 4. The maximum absolute atomic E-state index is 13.6. The van der Waals surface area contributed by atoms with Gasteiger partial charge in [0, 0.05) is 20.2 Å². The first-order chi connectivity index (χ1) is 9.27. The van der Waals surface area contributed by atoms with Crippen molar-refractivity contribution in [2.45, 2.75) is 11.8 Å². The third-order valence-corrected chi connectivity index (χ3v) is 3.53. The Morgan fingerprint density at radius 1 is 1.45 bits per heavy atom. The molecule has 0 spiro atoms. The third-order valence-electron chi connectivity index (χ3n) is 2.62. The average molecular weight is 304 g/mol. The number of hydrogen-bond donors (Lipinski definition) is 1. The first-order valence-corrected chi connectivity index (χ1v) is 7.47. The van der Waals surface area contributed by atoms with Crippen molar-refractivity contribution in [2.75, 3.05) is 26.8 Å². The summed E-state index contributed by atoms with van der Waals surface area (Å²) in [5.74, 6) is -1.43. The van der Waals surface area contributed by atoms with Crippen LogP contribution in [-0.4, -0.2) is 46.0 Å². The van der Waals surface area contributed by atoms with Gasteiger partial charge >= 0.3 is 0 Å². The monoisotopic (exact) mass is 304 g/mol. The van der Waals surface area contributed by atoms with Crippen LogP contribution in [0.25, 0.3) is 0 Å². The van der Waals surface area contributed by atoms with Crippen LogP contribution >= 0.6 is 0 Å². The molecule has 0 saturated heterocycles. The Bertz CT molecular complexity index is 589. The Labute approximate surface area is 117 Å². The molecule has 6 nitrogen and oxygen atoms in total. The van der Waals surface area contributed by atoms with E-state index in [2.05, 4.69) is 0 Å². The largest absolute Gasteiger partial charge is 0.380 e. The lowest BCUT2D eigenvalue weighted by atomic mass is 10.2. The molecule has 0 atom stereocenters. The van der Waals surface area contributed by atoms with Gasteiger partial charge in [0.05, 0.1) is 17.1 Å². The topological polar surface area (TPSA) is 89.7 Å². The van der Waals surface area contributed by atoms with Crippen LogP contribution in [-0.2, 0) is 14.8 Å². The van der Waals surface area contributed by atoms with E-state index in [-0.39, 0.29) is 17.0 Å². The number of carbonyl (C=O) groups is 1. The predicted molar refractivity (Wildman–Crippen MR) is 71.2 cm³/mol. The molecule has 0 aliphatic rings. The van der Waals surface area contributed by atoms with Crippen molar-refractivity contribution in [3.05, 3.63) is 29.6 Å². The summed E-state index contributed by atoms with van der Waals surface area (Å²) in [6.07, 6.45) is 0. The predicted octanol–water partition coefficient (Wildman–Crippen LogP) is 0.582. The van der Waals surface area contributed by atoms with Gasteiger partial charge in [-0.2, -0.15) is 0 Å². The molecule has 1 aromatic carbocycles. The van der Waals surface area contributed by atoms with Crippen molar-refractivity contribution in [3.63, 3.8) is 0 Å². The van der Waals surface area contributed by atoms with Gasteiger partial charge in [0.2, 0.25) is 10.0 Å². The number of amides is 1. The van der Waals surface area contributed by atoms with Crippen molar-refractivity contribution >= 4 is 15.9 Å². The molecule has 0 saturated carbocycles. The Morgan fingerprint density at radius 3 is 2.65 bits per heavy atom. The van der Waals surface area contributed by atoms with Crippen LogP contribution in [0.15, 0.2) is 23.1 Å². The van der Waals surface area contributed by atoms with E-state index in [1.54, 1.807) is 0 Å². The van der Waals surface area contributed by atoms with E-state index in [1.807, 2.05) is 6.92 Å². The molecule has 112 valence electrons. The summed E-state index contributed by atoms with van der Waals surface area (Å²) in [5.41, 5.74) is -0.337. The number of ether oxygens (including phenoxy) is 1. The number of primary sulfonamides is 1. The van der Waals surface area contributed by atoms with Crippen LogP contribution in [0, 0.1) is 5.82 Å². The fraction of sp³-hybridized carbons (Fsp3) is 0.417. The molecule has 0 aliphatic heterocycles. The zero-order chi connectivity index (χ0) is 15.3. The molecule has 0 unspecified atom stereocenters. The molecule has 1 aromatic rings. The molecule has 0 heterocycles. The molecule has 0 radical (unpaired) electrons. The maximum Gasteiger partial charge on any atom is 0.256 e. The van der Waals surface area contributed by atoms with Crippen LogP contribution in [0.4, 0.5) is 4.39 Å². The molecular weight excluding hydrogens is 287 g/mol. The maximum atomic E-state index is 13.6. The highest BCUT2D eigenvalue weighted by molar-refractivity contribution is 7.89. The van der Waals surface area contributed by atoms with Gasteiger partial charge in [0.25, 0.3) is 5.91 Å². The number of nitrogens with two attached hydrogens (primary N) is 1. The van der Waals surface area contributed by atoms with Crippen molar-refractivity contribution < 1.29 is 22.3 Å². The number of halogens is 1. The van der Waals surface area contributed by atoms with E-state index < -0.39 is 21.7 Å². The minimum absolute atomic E-state index is 0.270. The first kappa shape index (κ1) is 16.5. The van der Waals surface area contributed by atoms with E-state index in [0.29, 0.717) is 13.2 Å². The van der Waals surface area contributed by atoms with E-state index in [4.69, 9.17) is 9.88 Å². The molecule has 0 aromatic heterocycles. The van der Waals surface area contributed by atoms with Crippen molar-refractivity contribution in [2.24, 2.45) is 5.14 Å². The summed E-state index contributed by atoms with van der Waals surface area (Å²) in [4.78, 5) is 13.0. The fourth-order valence-corrected chi connectivity index (χ4v) is 2.04. The molecular formula is C12H17FN2O4S. The molecule has 0 aliphatic carbocycles. The van der Waals surface area contributed by atoms with Gasteiger partial charge in [-0.15, -0.1) is 0 Å². The van der Waals surface area contributed by atoms with Crippen LogP contribution in [0.1, 0.15) is 17.3 Å². The fourth-order valence-electron chi connectivity index (χ4n) is 1.50. The minimum atomic E-state index is -3.98. The molecule has 1 amide bonds. The second kappa shape index (κ2) is 6.78. The van der Waals surface area contributed by atoms with Gasteiger partial charge in [0.15, 0.2) is 0 Å². The lowest BCUT2D eigenvalue weighted by Crippen LogP contribution is -2.31. The van der Waals surface area contributed by atoms with Crippen molar-refractivity contribution in [1.82, 2.24) is 4.90 Å². The second-order valence-electron chi connectivity index (χ2n) is 4.11. The normalized spacial score (nSPS) is 11.4. The first-order valence-electron chi connectivity index (χ1n) is 5.93. The highest BCUT2D eigenvalue weighted by Crippen LogP contribution is 2.15. The number of sulfonamides is 1. The number of carbonyl (C=O) groups excluding carboxylic acids is 1. The molecule has 2 N–H and O–H groups in total. The lowest BCUT2D eigenvalue weighted by Gasteiger charge is -2.17. The van der Waals surface area contributed by atoms with Crippen molar-refractivity contribution in [1.29, 1.82) is 0 Å². The Morgan fingerprint density at radius 2 is 2.10 bits per heavy atom. The minimum Gasteiger partial charge on any atom is -0.380 e. The quantitative estimate of drug-likeness (QED) is 0.779. The summed E-state index contributed by atoms with van der Waals surface area (Å²) >= 11 is 0. The van der Waals surface area contributed by atoms with Gasteiger partial charge in [-0.25, -0.2) is 17.9 Å². The van der Waals surface area contributed by atoms with E-state index in [9.17, 15) is 17.6 Å². The van der Waals surface area contributed by atoms with Gasteiger partial charge in [-0.3, -0.25) is 4.79 Å². The standard InChI is InChI=1S/C12H17FN2O4S/c1-3-19-7-6-15(2)12(16)10-8-9(20(14,17)18)4-5-11(10)13/h4-5,8H,3,6-7H2,1-2H3,(H2,14,17,18). The summed E-state index contributed by atoms with van der Waals surface area (Å²) in [5, 5.41) is 4.96. The zero-order valence-electron chi connectivity index (χ0n) is 11.3. The highest BCUT2D eigenvalue weighted by atomic mass is 32.2. The number of nitrogens with zero attached hydrogens (tertiary/aromatic N) is 1. The van der Waals surface area contributed by atoms with Crippen LogP contribution < -0.4 is 5.14 Å². The number of rotatable bonds is 6. The molecule has 1 rings (SSSR count). The van der Waals surface area contributed by atoms with Gasteiger partial charge in [-0.1, -0.05) is 0 Å². The summed E-state index contributed by atoms with van der Waals surface area (Å²) in [7, 11) is -2.51. The van der Waals surface area contributed by atoms with Gasteiger partial charge < -0.3 is 9.64 Å². The Hall–Kier alpha value is -1.51. The zero-order valence-corrected chi connectivity index (χ0v) is 12.1. The van der Waals surface area contributed by atoms with E-state index >= 15 is 0 Å². The third kappa shape index (κ3) is 4.26.